The Morgan fingerprint density at radius 3 is 2.21 bits per heavy atom. The Hall–Kier alpha value is -1.55. The largest absolute Gasteiger partial charge is 0.491 e. The van der Waals surface area contributed by atoms with E-state index in [1.807, 2.05) is 43.0 Å². The first kappa shape index (κ1) is 13.9. The SMILES string of the molecule is CC(C)Oc1ccc(C(=O)N2CCN(C)CC2)cc1. The second-order valence-corrected chi connectivity index (χ2v) is 5.29. The van der Waals surface area contributed by atoms with Gasteiger partial charge in [0.25, 0.3) is 5.91 Å². The molecule has 4 heteroatoms. The Kier molecular flexibility index (Phi) is 4.43. The highest BCUT2D eigenvalue weighted by atomic mass is 16.5. The molecule has 0 spiro atoms. The smallest absolute Gasteiger partial charge is 0.253 e. The third-order valence-corrected chi connectivity index (χ3v) is 3.26. The summed E-state index contributed by atoms with van der Waals surface area (Å²) < 4.78 is 5.58. The van der Waals surface area contributed by atoms with Crippen LogP contribution >= 0.6 is 0 Å². The van der Waals surface area contributed by atoms with Crippen molar-refractivity contribution in [3.63, 3.8) is 0 Å². The Labute approximate surface area is 115 Å². The topological polar surface area (TPSA) is 32.8 Å². The molecule has 1 fully saturated rings. The summed E-state index contributed by atoms with van der Waals surface area (Å²) in [6, 6.07) is 7.42. The zero-order valence-electron chi connectivity index (χ0n) is 11.9. The number of carbonyl (C=O) groups excluding carboxylic acids is 1. The van der Waals surface area contributed by atoms with E-state index in [0.717, 1.165) is 37.5 Å². The van der Waals surface area contributed by atoms with Crippen LogP contribution in [0.5, 0.6) is 5.75 Å². The van der Waals surface area contributed by atoms with Gasteiger partial charge in [0.05, 0.1) is 6.10 Å². The summed E-state index contributed by atoms with van der Waals surface area (Å²) in [5.74, 6) is 0.925. The highest BCUT2D eigenvalue weighted by Crippen LogP contribution is 2.15. The molecule has 19 heavy (non-hydrogen) atoms. The standard InChI is InChI=1S/C15H22N2O2/c1-12(2)19-14-6-4-13(5-7-14)15(18)17-10-8-16(3)9-11-17/h4-7,12H,8-11H2,1-3H3. The first-order valence-electron chi connectivity index (χ1n) is 6.81. The van der Waals surface area contributed by atoms with Gasteiger partial charge in [-0.15, -0.1) is 0 Å². The summed E-state index contributed by atoms with van der Waals surface area (Å²) in [7, 11) is 2.08. The lowest BCUT2D eigenvalue weighted by atomic mass is 10.1. The van der Waals surface area contributed by atoms with E-state index in [1.165, 1.54) is 0 Å². The van der Waals surface area contributed by atoms with Gasteiger partial charge in [-0.1, -0.05) is 0 Å². The number of nitrogens with zero attached hydrogens (tertiary/aromatic N) is 2. The normalized spacial score (nSPS) is 16.7. The quantitative estimate of drug-likeness (QED) is 0.833. The van der Waals surface area contributed by atoms with Crippen LogP contribution in [0.1, 0.15) is 24.2 Å². The van der Waals surface area contributed by atoms with E-state index in [0.29, 0.717) is 0 Å². The lowest BCUT2D eigenvalue weighted by Crippen LogP contribution is -2.47. The number of hydrogen-bond donors (Lipinski definition) is 0. The van der Waals surface area contributed by atoms with Gasteiger partial charge in [0.2, 0.25) is 0 Å². The van der Waals surface area contributed by atoms with E-state index >= 15 is 0 Å². The van der Waals surface area contributed by atoms with E-state index < -0.39 is 0 Å². The first-order chi connectivity index (χ1) is 9.06. The van der Waals surface area contributed by atoms with Gasteiger partial charge >= 0.3 is 0 Å². The molecule has 0 aromatic heterocycles. The number of likely N-dealkylation sites (N-methyl/N-ethyl adjacent to an activating group) is 1. The van der Waals surface area contributed by atoms with Gasteiger partial charge in [0, 0.05) is 31.7 Å². The summed E-state index contributed by atoms with van der Waals surface area (Å²) in [6.07, 6.45) is 0.152. The van der Waals surface area contributed by atoms with Gasteiger partial charge < -0.3 is 14.5 Å². The maximum absolute atomic E-state index is 12.3. The Balaban J connectivity index is 1.99. The van der Waals surface area contributed by atoms with Crippen LogP contribution in [0.4, 0.5) is 0 Å². The number of piperazine rings is 1. The number of rotatable bonds is 3. The van der Waals surface area contributed by atoms with Crippen molar-refractivity contribution in [3.05, 3.63) is 29.8 Å². The van der Waals surface area contributed by atoms with Gasteiger partial charge in [0.15, 0.2) is 0 Å². The molecule has 1 aromatic rings. The Morgan fingerprint density at radius 2 is 1.68 bits per heavy atom. The molecule has 104 valence electrons. The molecular formula is C15H22N2O2. The molecule has 1 aromatic carbocycles. The van der Waals surface area contributed by atoms with Crippen molar-refractivity contribution >= 4 is 5.91 Å². The van der Waals surface area contributed by atoms with Crippen LogP contribution in [0, 0.1) is 0 Å². The van der Waals surface area contributed by atoms with Gasteiger partial charge in [-0.25, -0.2) is 0 Å². The summed E-state index contributed by atoms with van der Waals surface area (Å²) in [6.45, 7) is 7.48. The van der Waals surface area contributed by atoms with Gasteiger partial charge in [-0.3, -0.25) is 4.79 Å². The molecule has 0 radical (unpaired) electrons. The van der Waals surface area contributed by atoms with E-state index in [2.05, 4.69) is 11.9 Å². The first-order valence-corrected chi connectivity index (χ1v) is 6.81. The molecule has 0 N–H and O–H groups in total. The number of hydrogen-bond acceptors (Lipinski definition) is 3. The number of benzene rings is 1. The molecule has 1 aliphatic heterocycles. The van der Waals surface area contributed by atoms with Crippen LogP contribution in [0.15, 0.2) is 24.3 Å². The minimum absolute atomic E-state index is 0.115. The fraction of sp³-hybridized carbons (Fsp3) is 0.533. The van der Waals surface area contributed by atoms with Crippen LogP contribution in [-0.4, -0.2) is 55.0 Å². The fourth-order valence-corrected chi connectivity index (χ4v) is 2.14. The number of carbonyl (C=O) groups is 1. The van der Waals surface area contributed by atoms with Gasteiger partial charge in [-0.05, 0) is 45.2 Å². The van der Waals surface area contributed by atoms with Crippen molar-refractivity contribution in [1.29, 1.82) is 0 Å². The van der Waals surface area contributed by atoms with Crippen molar-refractivity contribution in [2.45, 2.75) is 20.0 Å². The second kappa shape index (κ2) is 6.06. The lowest BCUT2D eigenvalue weighted by Gasteiger charge is -2.32. The molecule has 0 saturated carbocycles. The molecule has 0 unspecified atom stereocenters. The van der Waals surface area contributed by atoms with Gasteiger partial charge in [-0.2, -0.15) is 0 Å². The summed E-state index contributed by atoms with van der Waals surface area (Å²) >= 11 is 0. The fourth-order valence-electron chi connectivity index (χ4n) is 2.14. The molecular weight excluding hydrogens is 240 g/mol. The lowest BCUT2D eigenvalue weighted by molar-refractivity contribution is 0.0664. The predicted octanol–water partition coefficient (Wildman–Crippen LogP) is 1.86. The zero-order chi connectivity index (χ0) is 13.8. The number of amides is 1. The van der Waals surface area contributed by atoms with Crippen molar-refractivity contribution < 1.29 is 9.53 Å². The predicted molar refractivity (Wildman–Crippen MR) is 75.6 cm³/mol. The molecule has 4 nitrogen and oxygen atoms in total. The molecule has 1 heterocycles. The van der Waals surface area contributed by atoms with Crippen molar-refractivity contribution in [2.24, 2.45) is 0 Å². The Bertz CT molecular complexity index is 420. The van der Waals surface area contributed by atoms with Crippen LogP contribution in [0.25, 0.3) is 0 Å². The third kappa shape index (κ3) is 3.70. The summed E-state index contributed by atoms with van der Waals surface area (Å²) in [4.78, 5) is 16.5. The van der Waals surface area contributed by atoms with Crippen LogP contribution < -0.4 is 4.74 Å². The molecule has 1 aliphatic rings. The van der Waals surface area contributed by atoms with E-state index in [1.54, 1.807) is 0 Å². The van der Waals surface area contributed by atoms with Crippen molar-refractivity contribution in [3.8, 4) is 5.75 Å². The highest BCUT2D eigenvalue weighted by Gasteiger charge is 2.20. The Morgan fingerprint density at radius 1 is 1.11 bits per heavy atom. The van der Waals surface area contributed by atoms with Gasteiger partial charge in [0.1, 0.15) is 5.75 Å². The van der Waals surface area contributed by atoms with Crippen LogP contribution in [0.2, 0.25) is 0 Å². The van der Waals surface area contributed by atoms with Crippen LogP contribution in [0.3, 0.4) is 0 Å². The molecule has 2 rings (SSSR count). The average molecular weight is 262 g/mol. The van der Waals surface area contributed by atoms with Crippen molar-refractivity contribution in [1.82, 2.24) is 9.80 Å². The summed E-state index contributed by atoms with van der Waals surface area (Å²) in [5.41, 5.74) is 0.737. The van der Waals surface area contributed by atoms with Crippen molar-refractivity contribution in [2.75, 3.05) is 33.2 Å². The average Bonchev–Trinajstić information content (AvgIpc) is 2.39. The molecule has 0 atom stereocenters. The summed E-state index contributed by atoms with van der Waals surface area (Å²) in [5, 5.41) is 0. The molecule has 0 bridgehead atoms. The second-order valence-electron chi connectivity index (χ2n) is 5.29. The molecule has 1 saturated heterocycles. The molecule has 1 amide bonds. The van der Waals surface area contributed by atoms with E-state index in [9.17, 15) is 4.79 Å². The zero-order valence-corrected chi connectivity index (χ0v) is 11.9. The van der Waals surface area contributed by atoms with Crippen LogP contribution in [-0.2, 0) is 0 Å². The maximum Gasteiger partial charge on any atom is 0.253 e. The maximum atomic E-state index is 12.3. The monoisotopic (exact) mass is 262 g/mol. The minimum Gasteiger partial charge on any atom is -0.491 e. The molecule has 0 aliphatic carbocycles. The number of ether oxygens (including phenoxy) is 1. The highest BCUT2D eigenvalue weighted by molar-refractivity contribution is 5.94. The van der Waals surface area contributed by atoms with E-state index in [-0.39, 0.29) is 12.0 Å². The van der Waals surface area contributed by atoms with E-state index in [4.69, 9.17) is 4.74 Å². The minimum atomic E-state index is 0.115. The third-order valence-electron chi connectivity index (χ3n) is 3.26.